The summed E-state index contributed by atoms with van der Waals surface area (Å²) in [6.45, 7) is 6.32. The molecule has 9 heteroatoms. The standard InChI is InChI=1S/C28H38N2O2.2C2H4O2.Co/c1-3-5-8-21-12-14-27(31)23(16-21)19-29-25-10-7-11-26(18-25)30-20-24-17-22(9-6-4-2)13-15-28(24)32;2*1-2(3)4;/h12-17,19-20,25-26,31-32H,3-11,18H2,1-2H3;2*1H3,(H,3,4);/q;;;+2/p-2. The summed E-state index contributed by atoms with van der Waals surface area (Å²) in [5.74, 6) is -1.59. The first-order valence-corrected chi connectivity index (χ1v) is 14.1. The van der Waals surface area contributed by atoms with Crippen LogP contribution in [0.1, 0.15) is 101 Å². The Bertz CT molecular complexity index is 1030. The zero-order valence-electron chi connectivity index (χ0n) is 24.6. The second-order valence-corrected chi connectivity index (χ2v) is 10.0. The van der Waals surface area contributed by atoms with Gasteiger partial charge in [-0.2, -0.15) is 0 Å². The van der Waals surface area contributed by atoms with Crippen molar-refractivity contribution >= 4 is 24.4 Å². The zero-order chi connectivity index (χ0) is 29.9. The number of carbonyl (C=O) groups excluding carboxylic acids is 2. The number of aromatic hydroxyl groups is 2. The van der Waals surface area contributed by atoms with E-state index >= 15 is 0 Å². The number of phenols is 2. The van der Waals surface area contributed by atoms with Crippen LogP contribution in [0.15, 0.2) is 46.4 Å². The molecule has 8 nitrogen and oxygen atoms in total. The molecule has 227 valence electrons. The van der Waals surface area contributed by atoms with Gasteiger partial charge in [-0.15, -0.1) is 0 Å². The molecule has 1 fully saturated rings. The molecule has 3 rings (SSSR count). The number of unbranched alkanes of at least 4 members (excludes halogenated alkanes) is 2. The molecule has 0 aromatic heterocycles. The van der Waals surface area contributed by atoms with Crippen molar-refractivity contribution in [3.63, 3.8) is 0 Å². The monoisotopic (exact) mass is 611 g/mol. The Kier molecular flexibility index (Phi) is 19.9. The molecule has 2 atom stereocenters. The van der Waals surface area contributed by atoms with E-state index in [1.54, 1.807) is 12.1 Å². The number of nitrogens with zero attached hydrogens (tertiary/aromatic N) is 2. The van der Waals surface area contributed by atoms with Crippen LogP contribution in [0.2, 0.25) is 0 Å². The van der Waals surface area contributed by atoms with Crippen molar-refractivity contribution in [1.82, 2.24) is 0 Å². The van der Waals surface area contributed by atoms with Gasteiger partial charge in [0.05, 0.1) is 12.1 Å². The fourth-order valence-corrected chi connectivity index (χ4v) is 4.27. The largest absolute Gasteiger partial charge is 2.00 e. The minimum absolute atomic E-state index is 0. The number of aliphatic imine (C=N–C) groups is 2. The van der Waals surface area contributed by atoms with Crippen LogP contribution in [-0.2, 0) is 39.2 Å². The van der Waals surface area contributed by atoms with E-state index in [4.69, 9.17) is 29.8 Å². The van der Waals surface area contributed by atoms with Crippen LogP contribution in [-0.4, -0.2) is 46.7 Å². The maximum Gasteiger partial charge on any atom is 2.00 e. The predicted molar refractivity (Wildman–Crippen MR) is 156 cm³/mol. The second-order valence-electron chi connectivity index (χ2n) is 10.0. The second kappa shape index (κ2) is 21.6. The summed E-state index contributed by atoms with van der Waals surface area (Å²) in [6, 6.07) is 12.1. The van der Waals surface area contributed by atoms with Gasteiger partial charge in [-0.25, -0.2) is 0 Å². The molecule has 2 aromatic rings. The molecule has 0 aliphatic heterocycles. The van der Waals surface area contributed by atoms with E-state index in [9.17, 15) is 10.2 Å². The Morgan fingerprint density at radius 2 is 1.17 bits per heavy atom. The third-order valence-electron chi connectivity index (χ3n) is 6.29. The predicted octanol–water partition coefficient (Wildman–Crippen LogP) is 4.14. The fraction of sp³-hybridized carbons (Fsp3) is 0.500. The number of hydrogen-bond donors (Lipinski definition) is 2. The van der Waals surface area contributed by atoms with Crippen LogP contribution in [0.3, 0.4) is 0 Å². The summed E-state index contributed by atoms with van der Waals surface area (Å²) < 4.78 is 0. The van der Waals surface area contributed by atoms with Crippen molar-refractivity contribution in [1.29, 1.82) is 0 Å². The van der Waals surface area contributed by atoms with Crippen molar-refractivity contribution in [3.05, 3.63) is 58.7 Å². The smallest absolute Gasteiger partial charge is 0.550 e. The third kappa shape index (κ3) is 17.3. The average molecular weight is 612 g/mol. The van der Waals surface area contributed by atoms with E-state index in [-0.39, 0.29) is 40.4 Å². The number of benzene rings is 2. The zero-order valence-corrected chi connectivity index (χ0v) is 25.6. The van der Waals surface area contributed by atoms with Crippen LogP contribution in [0.4, 0.5) is 0 Å². The Morgan fingerprint density at radius 3 is 1.51 bits per heavy atom. The molecule has 0 bridgehead atoms. The number of phenolic OH excluding ortho intramolecular Hbond substituents is 2. The molecule has 0 spiro atoms. The van der Waals surface area contributed by atoms with E-state index in [2.05, 4.69) is 26.0 Å². The number of carbonyl (C=O) groups is 2. The van der Waals surface area contributed by atoms with Crippen molar-refractivity contribution < 1.29 is 46.8 Å². The van der Waals surface area contributed by atoms with Crippen molar-refractivity contribution in [3.8, 4) is 11.5 Å². The summed E-state index contributed by atoms with van der Waals surface area (Å²) in [4.78, 5) is 27.4. The molecule has 2 N–H and O–H groups in total. The van der Waals surface area contributed by atoms with Crippen LogP contribution >= 0.6 is 0 Å². The number of aliphatic carboxylic acids is 2. The summed E-state index contributed by atoms with van der Waals surface area (Å²) in [7, 11) is 0. The van der Waals surface area contributed by atoms with Crippen molar-refractivity contribution in [2.75, 3.05) is 0 Å². The molecule has 1 aliphatic carbocycles. The van der Waals surface area contributed by atoms with Crippen molar-refractivity contribution in [2.45, 2.75) is 104 Å². The third-order valence-corrected chi connectivity index (χ3v) is 6.29. The molecule has 1 saturated carbocycles. The van der Waals surface area contributed by atoms with Gasteiger partial charge in [-0.05, 0) is 101 Å². The molecular formula is C32H44CoN2O6. The Balaban J connectivity index is 0.00000158. The van der Waals surface area contributed by atoms with Gasteiger partial charge in [0.25, 0.3) is 0 Å². The van der Waals surface area contributed by atoms with E-state index in [1.807, 2.05) is 24.6 Å². The van der Waals surface area contributed by atoms with Crippen LogP contribution in [0.5, 0.6) is 11.5 Å². The summed E-state index contributed by atoms with van der Waals surface area (Å²) >= 11 is 0. The van der Waals surface area contributed by atoms with Gasteiger partial charge in [0, 0.05) is 35.5 Å². The maximum atomic E-state index is 10.2. The summed E-state index contributed by atoms with van der Waals surface area (Å²) in [5, 5.41) is 38.2. The number of carboxylic acids is 2. The topological polar surface area (TPSA) is 145 Å². The molecule has 2 unspecified atom stereocenters. The van der Waals surface area contributed by atoms with Crippen LogP contribution < -0.4 is 10.2 Å². The van der Waals surface area contributed by atoms with Gasteiger partial charge < -0.3 is 30.0 Å². The van der Waals surface area contributed by atoms with Gasteiger partial charge >= 0.3 is 16.8 Å². The average Bonchev–Trinajstić information content (AvgIpc) is 2.90. The number of carboxylic acid groups (broad SMARTS) is 2. The summed E-state index contributed by atoms with van der Waals surface area (Å²) in [5.41, 5.74) is 4.10. The number of hydrogen-bond acceptors (Lipinski definition) is 8. The quantitative estimate of drug-likeness (QED) is 0.386. The van der Waals surface area contributed by atoms with Gasteiger partial charge in [-0.3, -0.25) is 9.98 Å². The molecule has 0 saturated heterocycles. The van der Waals surface area contributed by atoms with Gasteiger partial charge in [0.1, 0.15) is 11.5 Å². The van der Waals surface area contributed by atoms with E-state index in [1.165, 1.54) is 11.1 Å². The Hall–Kier alpha value is -3.17. The van der Waals surface area contributed by atoms with Gasteiger partial charge in [0.2, 0.25) is 0 Å². The van der Waals surface area contributed by atoms with E-state index in [0.717, 1.165) is 89.2 Å². The Labute approximate surface area is 254 Å². The molecule has 1 radical (unpaired) electrons. The minimum Gasteiger partial charge on any atom is -0.550 e. The summed E-state index contributed by atoms with van der Waals surface area (Å²) in [6.07, 6.45) is 14.5. The molecular weight excluding hydrogens is 567 g/mol. The SMILES string of the molecule is CC(=O)[O-].CC(=O)[O-].CCCCc1ccc(O)c(C=NC2CCCC(N=Cc3cc(CCCC)ccc3O)C2)c1.[Co+2]. The fourth-order valence-electron chi connectivity index (χ4n) is 4.27. The van der Waals surface area contributed by atoms with E-state index in [0.29, 0.717) is 0 Å². The van der Waals surface area contributed by atoms with Crippen molar-refractivity contribution in [2.24, 2.45) is 9.98 Å². The molecule has 0 heterocycles. The first-order chi connectivity index (χ1) is 19.0. The van der Waals surface area contributed by atoms with Gasteiger partial charge in [-0.1, -0.05) is 38.8 Å². The maximum absolute atomic E-state index is 10.2. The molecule has 41 heavy (non-hydrogen) atoms. The Morgan fingerprint density at radius 1 is 0.805 bits per heavy atom. The van der Waals surface area contributed by atoms with Crippen LogP contribution in [0.25, 0.3) is 0 Å². The minimum atomic E-state index is -1.08. The normalized spacial score (nSPS) is 16.2. The molecule has 0 amide bonds. The number of aryl methyl sites for hydroxylation is 2. The van der Waals surface area contributed by atoms with Gasteiger partial charge in [0.15, 0.2) is 0 Å². The molecule has 2 aromatic carbocycles. The van der Waals surface area contributed by atoms with Crippen LogP contribution in [0, 0.1) is 0 Å². The van der Waals surface area contributed by atoms with E-state index < -0.39 is 11.9 Å². The molecule has 1 aliphatic rings. The number of rotatable bonds is 10. The first kappa shape index (κ1) is 37.8. The first-order valence-electron chi connectivity index (χ1n) is 14.1.